The van der Waals surface area contributed by atoms with Gasteiger partial charge in [-0.15, -0.1) is 0 Å². The average molecular weight is 273 g/mol. The number of carbonyl (C=O) groups excluding carboxylic acids is 2. The van der Waals surface area contributed by atoms with Crippen LogP contribution in [0.3, 0.4) is 0 Å². The van der Waals surface area contributed by atoms with E-state index in [1.54, 1.807) is 24.3 Å². The van der Waals surface area contributed by atoms with Crippen LogP contribution in [0.4, 0.5) is 10.5 Å². The van der Waals surface area contributed by atoms with Crippen molar-refractivity contribution in [3.63, 3.8) is 0 Å². The lowest BCUT2D eigenvalue weighted by molar-refractivity contribution is -0.116. The van der Waals surface area contributed by atoms with Crippen molar-refractivity contribution in [3.05, 3.63) is 29.8 Å². The number of hydrogen-bond donors (Lipinski definition) is 1. The first-order valence-corrected chi connectivity index (χ1v) is 6.41. The second-order valence-electron chi connectivity index (χ2n) is 4.45. The minimum absolute atomic E-state index is 0.196. The summed E-state index contributed by atoms with van der Waals surface area (Å²) >= 11 is 0. The van der Waals surface area contributed by atoms with Crippen molar-refractivity contribution in [2.45, 2.75) is 12.8 Å². The SMILES string of the molecule is N#Cc1cccc(NC(=O)CCN2CCCOC2=O)c1. The molecule has 0 bridgehead atoms. The van der Waals surface area contributed by atoms with Crippen molar-refractivity contribution in [1.82, 2.24) is 4.90 Å². The molecule has 1 aromatic rings. The van der Waals surface area contributed by atoms with Crippen molar-refractivity contribution in [3.8, 4) is 6.07 Å². The molecule has 1 N–H and O–H groups in total. The molecule has 6 nitrogen and oxygen atoms in total. The van der Waals surface area contributed by atoms with E-state index in [9.17, 15) is 9.59 Å². The van der Waals surface area contributed by atoms with E-state index in [2.05, 4.69) is 5.32 Å². The van der Waals surface area contributed by atoms with E-state index in [1.807, 2.05) is 6.07 Å². The lowest BCUT2D eigenvalue weighted by Gasteiger charge is -2.25. The van der Waals surface area contributed by atoms with Gasteiger partial charge in [0.05, 0.1) is 18.2 Å². The molecule has 0 saturated carbocycles. The van der Waals surface area contributed by atoms with Crippen molar-refractivity contribution in [2.24, 2.45) is 0 Å². The third-order valence-electron chi connectivity index (χ3n) is 2.94. The molecule has 1 fully saturated rings. The van der Waals surface area contributed by atoms with Gasteiger partial charge in [0.25, 0.3) is 0 Å². The van der Waals surface area contributed by atoms with Crippen LogP contribution in [0.2, 0.25) is 0 Å². The standard InChI is InChI=1S/C14H15N3O3/c15-10-11-3-1-4-12(9-11)16-13(18)5-7-17-6-2-8-20-14(17)19/h1,3-4,9H,2,5-8H2,(H,16,18). The molecule has 104 valence electrons. The third-order valence-corrected chi connectivity index (χ3v) is 2.94. The molecule has 0 spiro atoms. The van der Waals surface area contributed by atoms with E-state index in [-0.39, 0.29) is 18.4 Å². The summed E-state index contributed by atoms with van der Waals surface area (Å²) in [5.41, 5.74) is 1.07. The van der Waals surface area contributed by atoms with Crippen LogP contribution in [0.1, 0.15) is 18.4 Å². The summed E-state index contributed by atoms with van der Waals surface area (Å²) < 4.78 is 4.89. The van der Waals surface area contributed by atoms with Gasteiger partial charge >= 0.3 is 6.09 Å². The smallest absolute Gasteiger partial charge is 0.409 e. The first kappa shape index (κ1) is 13.9. The number of nitrogens with one attached hydrogen (secondary N) is 1. The molecule has 2 amide bonds. The van der Waals surface area contributed by atoms with Crippen molar-refractivity contribution < 1.29 is 14.3 Å². The number of anilines is 1. The topological polar surface area (TPSA) is 82.4 Å². The number of nitrogens with zero attached hydrogens (tertiary/aromatic N) is 2. The summed E-state index contributed by atoms with van der Waals surface area (Å²) in [6.45, 7) is 1.40. The predicted molar refractivity (Wildman–Crippen MR) is 71.9 cm³/mol. The van der Waals surface area contributed by atoms with Gasteiger partial charge in [-0.05, 0) is 24.6 Å². The molecule has 1 aliphatic heterocycles. The lowest BCUT2D eigenvalue weighted by Crippen LogP contribution is -2.39. The number of cyclic esters (lactones) is 1. The van der Waals surface area contributed by atoms with Crippen molar-refractivity contribution >= 4 is 17.7 Å². The number of amides is 2. The highest BCUT2D eigenvalue weighted by molar-refractivity contribution is 5.91. The fraction of sp³-hybridized carbons (Fsp3) is 0.357. The first-order valence-electron chi connectivity index (χ1n) is 6.41. The Kier molecular flexibility index (Phi) is 4.56. The van der Waals surface area contributed by atoms with Gasteiger partial charge in [-0.25, -0.2) is 4.79 Å². The Hall–Kier alpha value is -2.55. The molecule has 0 unspecified atom stereocenters. The van der Waals surface area contributed by atoms with E-state index in [0.717, 1.165) is 6.42 Å². The van der Waals surface area contributed by atoms with Crippen LogP contribution in [-0.2, 0) is 9.53 Å². The molecular formula is C14H15N3O3. The van der Waals surface area contributed by atoms with Gasteiger partial charge in [-0.2, -0.15) is 5.26 Å². The van der Waals surface area contributed by atoms with E-state index in [0.29, 0.717) is 30.9 Å². The molecule has 2 rings (SSSR count). The number of rotatable bonds is 4. The maximum atomic E-state index is 11.8. The Morgan fingerprint density at radius 2 is 2.35 bits per heavy atom. The molecular weight excluding hydrogens is 258 g/mol. The highest BCUT2D eigenvalue weighted by atomic mass is 16.6. The molecule has 6 heteroatoms. The molecule has 20 heavy (non-hydrogen) atoms. The Morgan fingerprint density at radius 3 is 3.10 bits per heavy atom. The van der Waals surface area contributed by atoms with E-state index < -0.39 is 0 Å². The Bertz CT molecular complexity index is 551. The van der Waals surface area contributed by atoms with Crippen LogP contribution in [0.15, 0.2) is 24.3 Å². The number of carbonyl (C=O) groups is 2. The fourth-order valence-electron chi connectivity index (χ4n) is 1.93. The van der Waals surface area contributed by atoms with E-state index >= 15 is 0 Å². The van der Waals surface area contributed by atoms with E-state index in [1.165, 1.54) is 4.90 Å². The van der Waals surface area contributed by atoms with Gasteiger partial charge in [0.2, 0.25) is 5.91 Å². The highest BCUT2D eigenvalue weighted by Gasteiger charge is 2.19. The third kappa shape index (κ3) is 3.72. The zero-order valence-electron chi connectivity index (χ0n) is 11.0. The Labute approximate surface area is 116 Å². The Balaban J connectivity index is 1.83. The van der Waals surface area contributed by atoms with Gasteiger partial charge < -0.3 is 15.0 Å². The van der Waals surface area contributed by atoms with Crippen LogP contribution in [0, 0.1) is 11.3 Å². The number of nitriles is 1. The normalized spacial score (nSPS) is 14.3. The molecule has 0 radical (unpaired) electrons. The second kappa shape index (κ2) is 6.57. The minimum Gasteiger partial charge on any atom is -0.449 e. The molecule has 0 aromatic heterocycles. The summed E-state index contributed by atoms with van der Waals surface area (Å²) in [7, 11) is 0. The van der Waals surface area contributed by atoms with Crippen LogP contribution in [0.5, 0.6) is 0 Å². The summed E-state index contributed by atoms with van der Waals surface area (Å²) in [6.07, 6.45) is 0.624. The maximum Gasteiger partial charge on any atom is 0.409 e. The predicted octanol–water partition coefficient (Wildman–Crippen LogP) is 1.73. The second-order valence-corrected chi connectivity index (χ2v) is 4.45. The van der Waals surface area contributed by atoms with Gasteiger partial charge in [0, 0.05) is 25.2 Å². The van der Waals surface area contributed by atoms with Gasteiger partial charge in [-0.1, -0.05) is 6.07 Å². The van der Waals surface area contributed by atoms with E-state index in [4.69, 9.17) is 10.00 Å². The quantitative estimate of drug-likeness (QED) is 0.905. The maximum absolute atomic E-state index is 11.8. The van der Waals surface area contributed by atoms with Crippen LogP contribution in [-0.4, -0.2) is 36.6 Å². The van der Waals surface area contributed by atoms with Crippen LogP contribution in [0.25, 0.3) is 0 Å². The van der Waals surface area contributed by atoms with Crippen molar-refractivity contribution in [1.29, 1.82) is 5.26 Å². The largest absolute Gasteiger partial charge is 0.449 e. The number of benzene rings is 1. The molecule has 0 atom stereocenters. The fourth-order valence-corrected chi connectivity index (χ4v) is 1.93. The minimum atomic E-state index is -0.365. The van der Waals surface area contributed by atoms with Gasteiger partial charge in [0.15, 0.2) is 0 Å². The summed E-state index contributed by atoms with van der Waals surface area (Å²) in [5, 5.41) is 11.5. The molecule has 1 heterocycles. The van der Waals surface area contributed by atoms with Crippen molar-refractivity contribution in [2.75, 3.05) is 25.0 Å². The first-order chi connectivity index (χ1) is 9.69. The zero-order valence-corrected chi connectivity index (χ0v) is 11.0. The molecule has 1 aliphatic rings. The summed E-state index contributed by atoms with van der Waals surface area (Å²) in [4.78, 5) is 24.7. The van der Waals surface area contributed by atoms with Crippen LogP contribution >= 0.6 is 0 Å². The highest BCUT2D eigenvalue weighted by Crippen LogP contribution is 2.11. The Morgan fingerprint density at radius 1 is 1.50 bits per heavy atom. The number of ether oxygens (including phenoxy) is 1. The lowest BCUT2D eigenvalue weighted by atomic mass is 10.2. The zero-order chi connectivity index (χ0) is 14.4. The monoisotopic (exact) mass is 273 g/mol. The van der Waals surface area contributed by atoms with Crippen LogP contribution < -0.4 is 5.32 Å². The average Bonchev–Trinajstić information content (AvgIpc) is 2.46. The summed E-state index contributed by atoms with van der Waals surface area (Å²) in [5.74, 6) is -0.196. The summed E-state index contributed by atoms with van der Waals surface area (Å²) in [6, 6.07) is 8.70. The van der Waals surface area contributed by atoms with Gasteiger partial charge in [-0.3, -0.25) is 4.79 Å². The molecule has 1 aromatic carbocycles. The van der Waals surface area contributed by atoms with Gasteiger partial charge in [0.1, 0.15) is 0 Å². The number of hydrogen-bond acceptors (Lipinski definition) is 4. The molecule has 0 aliphatic carbocycles. The molecule has 1 saturated heterocycles.